The Balaban J connectivity index is 1.87. The monoisotopic (exact) mass is 298 g/mol. The van der Waals surface area contributed by atoms with Crippen LogP contribution >= 0.6 is 23.4 Å². The largest absolute Gasteiger partial charge is 0.332 e. The number of hydrogen-bond donors (Lipinski definition) is 1. The van der Waals surface area contributed by atoms with E-state index in [1.165, 1.54) is 11.8 Å². The Kier molecular flexibility index (Phi) is 4.71. The summed E-state index contributed by atoms with van der Waals surface area (Å²) in [5.41, 5.74) is 1.69. The Labute approximate surface area is 121 Å². The van der Waals surface area contributed by atoms with Gasteiger partial charge in [0.2, 0.25) is 5.91 Å². The molecule has 0 saturated carbocycles. The molecule has 2 amide bonds. The quantitative estimate of drug-likeness (QED) is 0.929. The van der Waals surface area contributed by atoms with Gasteiger partial charge in [0, 0.05) is 36.0 Å². The molecule has 19 heavy (non-hydrogen) atoms. The summed E-state index contributed by atoms with van der Waals surface area (Å²) in [6, 6.07) is 5.37. The highest BCUT2D eigenvalue weighted by Crippen LogP contribution is 2.21. The minimum atomic E-state index is -0.102. The number of thioether (sulfide) groups is 1. The topological polar surface area (TPSA) is 49.4 Å². The third kappa shape index (κ3) is 3.88. The van der Waals surface area contributed by atoms with Crippen molar-refractivity contribution >= 4 is 40.2 Å². The molecule has 2 rings (SSSR count). The molecule has 1 aliphatic heterocycles. The van der Waals surface area contributed by atoms with E-state index in [1.54, 1.807) is 17.0 Å². The molecule has 0 aliphatic carbocycles. The van der Waals surface area contributed by atoms with Crippen molar-refractivity contribution in [1.29, 1.82) is 0 Å². The lowest BCUT2D eigenvalue weighted by Gasteiger charge is -2.14. The van der Waals surface area contributed by atoms with E-state index in [-0.39, 0.29) is 11.1 Å². The fourth-order valence-corrected chi connectivity index (χ4v) is 2.83. The molecular weight excluding hydrogens is 284 g/mol. The van der Waals surface area contributed by atoms with Crippen molar-refractivity contribution < 1.29 is 9.59 Å². The van der Waals surface area contributed by atoms with Crippen LogP contribution in [0, 0.1) is 6.92 Å². The van der Waals surface area contributed by atoms with E-state index in [0.29, 0.717) is 18.0 Å². The average Bonchev–Trinajstić information content (AvgIpc) is 2.77. The molecule has 0 unspecified atom stereocenters. The van der Waals surface area contributed by atoms with Crippen molar-refractivity contribution in [2.75, 3.05) is 24.2 Å². The number of nitrogens with one attached hydrogen (secondary N) is 1. The highest BCUT2D eigenvalue weighted by molar-refractivity contribution is 8.13. The van der Waals surface area contributed by atoms with Gasteiger partial charge in [-0.05, 0) is 24.6 Å². The summed E-state index contributed by atoms with van der Waals surface area (Å²) in [4.78, 5) is 24.9. The minimum absolute atomic E-state index is 0.0618. The van der Waals surface area contributed by atoms with Gasteiger partial charge in [-0.15, -0.1) is 0 Å². The molecule has 0 bridgehead atoms. The smallest absolute Gasteiger partial charge is 0.281 e. The van der Waals surface area contributed by atoms with Crippen LogP contribution in [-0.2, 0) is 4.79 Å². The number of nitrogens with zero attached hydrogens (tertiary/aromatic N) is 1. The maximum Gasteiger partial charge on any atom is 0.281 e. The van der Waals surface area contributed by atoms with Crippen LogP contribution in [0.5, 0.6) is 0 Å². The molecule has 1 aromatic carbocycles. The lowest BCUT2D eigenvalue weighted by atomic mass is 10.2. The summed E-state index contributed by atoms with van der Waals surface area (Å²) in [5, 5.41) is 3.47. The Morgan fingerprint density at radius 2 is 2.32 bits per heavy atom. The zero-order chi connectivity index (χ0) is 13.8. The van der Waals surface area contributed by atoms with Gasteiger partial charge in [-0.2, -0.15) is 0 Å². The number of anilines is 1. The summed E-state index contributed by atoms with van der Waals surface area (Å²) in [6.45, 7) is 3.11. The molecule has 1 fully saturated rings. The van der Waals surface area contributed by atoms with E-state index >= 15 is 0 Å². The molecule has 1 heterocycles. The van der Waals surface area contributed by atoms with E-state index in [0.717, 1.165) is 23.5 Å². The summed E-state index contributed by atoms with van der Waals surface area (Å²) >= 11 is 7.20. The maximum absolute atomic E-state index is 11.8. The summed E-state index contributed by atoms with van der Waals surface area (Å²) in [7, 11) is 0. The number of rotatable bonds is 4. The molecular formula is C13H15ClN2O2S. The third-order valence-corrected chi connectivity index (χ3v) is 4.05. The number of amides is 2. The van der Waals surface area contributed by atoms with Crippen LogP contribution in [0.25, 0.3) is 0 Å². The van der Waals surface area contributed by atoms with Gasteiger partial charge in [-0.1, -0.05) is 29.4 Å². The zero-order valence-electron chi connectivity index (χ0n) is 10.6. The van der Waals surface area contributed by atoms with Gasteiger partial charge in [-0.3, -0.25) is 9.59 Å². The molecule has 0 aromatic heterocycles. The SMILES string of the molecule is Cc1ccc(Cl)cc1NC(=O)CCN1CCSC1=O. The second kappa shape index (κ2) is 6.30. The Morgan fingerprint density at radius 3 is 3.00 bits per heavy atom. The number of carbonyl (C=O) groups excluding carboxylic acids is 2. The lowest BCUT2D eigenvalue weighted by molar-refractivity contribution is -0.116. The van der Waals surface area contributed by atoms with Gasteiger partial charge in [-0.25, -0.2) is 0 Å². The van der Waals surface area contributed by atoms with Gasteiger partial charge in [0.05, 0.1) is 0 Å². The Hall–Kier alpha value is -1.20. The standard InChI is InChI=1S/C13H15ClN2O2S/c1-9-2-3-10(14)8-11(9)15-12(17)4-5-16-6-7-19-13(16)18/h2-3,8H,4-7H2,1H3,(H,15,17). The van der Waals surface area contributed by atoms with Crippen LogP contribution in [0.4, 0.5) is 10.5 Å². The van der Waals surface area contributed by atoms with Gasteiger partial charge >= 0.3 is 0 Å². The molecule has 102 valence electrons. The van der Waals surface area contributed by atoms with Crippen LogP contribution in [-0.4, -0.2) is 34.9 Å². The Morgan fingerprint density at radius 1 is 1.53 bits per heavy atom. The molecule has 1 saturated heterocycles. The van der Waals surface area contributed by atoms with E-state index < -0.39 is 0 Å². The van der Waals surface area contributed by atoms with Gasteiger partial charge in [0.1, 0.15) is 0 Å². The van der Waals surface area contributed by atoms with Crippen LogP contribution in [0.3, 0.4) is 0 Å². The van der Waals surface area contributed by atoms with Crippen molar-refractivity contribution in [3.8, 4) is 0 Å². The Bertz CT molecular complexity index is 507. The second-order valence-electron chi connectivity index (χ2n) is 4.36. The maximum atomic E-state index is 11.8. The van der Waals surface area contributed by atoms with Crippen LogP contribution in [0.2, 0.25) is 5.02 Å². The predicted molar refractivity (Wildman–Crippen MR) is 78.9 cm³/mol. The van der Waals surface area contributed by atoms with E-state index in [4.69, 9.17) is 11.6 Å². The molecule has 1 N–H and O–H groups in total. The fraction of sp³-hybridized carbons (Fsp3) is 0.385. The molecule has 0 spiro atoms. The molecule has 1 aromatic rings. The summed E-state index contributed by atoms with van der Waals surface area (Å²) < 4.78 is 0. The fourth-order valence-electron chi connectivity index (χ4n) is 1.81. The minimum Gasteiger partial charge on any atom is -0.332 e. The summed E-state index contributed by atoms with van der Waals surface area (Å²) in [5.74, 6) is 0.712. The first-order valence-electron chi connectivity index (χ1n) is 6.04. The van der Waals surface area contributed by atoms with Crippen LogP contribution in [0.15, 0.2) is 18.2 Å². The molecule has 4 nitrogen and oxygen atoms in total. The van der Waals surface area contributed by atoms with E-state index in [9.17, 15) is 9.59 Å². The first-order valence-corrected chi connectivity index (χ1v) is 7.40. The molecule has 0 atom stereocenters. The number of benzene rings is 1. The highest BCUT2D eigenvalue weighted by Gasteiger charge is 2.21. The third-order valence-electron chi connectivity index (χ3n) is 2.93. The van der Waals surface area contributed by atoms with Crippen molar-refractivity contribution in [3.05, 3.63) is 28.8 Å². The number of hydrogen-bond acceptors (Lipinski definition) is 3. The van der Waals surface area contributed by atoms with Crippen molar-refractivity contribution in [2.45, 2.75) is 13.3 Å². The van der Waals surface area contributed by atoms with Gasteiger partial charge in [0.25, 0.3) is 5.24 Å². The average molecular weight is 299 g/mol. The molecule has 1 aliphatic rings. The van der Waals surface area contributed by atoms with Crippen molar-refractivity contribution in [1.82, 2.24) is 4.90 Å². The number of aryl methyl sites for hydroxylation is 1. The number of halogens is 1. The zero-order valence-corrected chi connectivity index (χ0v) is 12.2. The molecule has 6 heteroatoms. The van der Waals surface area contributed by atoms with E-state index in [1.807, 2.05) is 13.0 Å². The van der Waals surface area contributed by atoms with Crippen molar-refractivity contribution in [3.63, 3.8) is 0 Å². The normalized spacial score (nSPS) is 14.8. The lowest BCUT2D eigenvalue weighted by Crippen LogP contribution is -2.27. The number of carbonyl (C=O) groups is 2. The summed E-state index contributed by atoms with van der Waals surface area (Å²) in [6.07, 6.45) is 0.304. The van der Waals surface area contributed by atoms with E-state index in [2.05, 4.69) is 5.32 Å². The predicted octanol–water partition coefficient (Wildman–Crippen LogP) is 3.15. The molecule has 0 radical (unpaired) electrons. The van der Waals surface area contributed by atoms with Crippen molar-refractivity contribution in [2.24, 2.45) is 0 Å². The van der Waals surface area contributed by atoms with Crippen LogP contribution in [0.1, 0.15) is 12.0 Å². The van der Waals surface area contributed by atoms with Gasteiger partial charge in [0.15, 0.2) is 0 Å². The first-order chi connectivity index (χ1) is 9.06. The first kappa shape index (κ1) is 14.2. The van der Waals surface area contributed by atoms with Crippen LogP contribution < -0.4 is 5.32 Å². The highest BCUT2D eigenvalue weighted by atomic mass is 35.5. The second-order valence-corrected chi connectivity index (χ2v) is 5.84. The van der Waals surface area contributed by atoms with Gasteiger partial charge < -0.3 is 10.2 Å².